The molecule has 2 aromatic rings. The first-order valence-electron chi connectivity index (χ1n) is 8.61. The molecule has 0 saturated heterocycles. The Kier molecular flexibility index (Phi) is 5.23. The van der Waals surface area contributed by atoms with Crippen LogP contribution in [-0.2, 0) is 13.0 Å². The van der Waals surface area contributed by atoms with Crippen LogP contribution >= 0.6 is 0 Å². The molecular weight excluding hydrogens is 324 g/mol. The standard InChI is InChI=1S/C20H23F2NO2/c1-4-24-19-9-15-7-12(2)25-20(15)10-16(19)11-23-13(3)14-5-6-17(21)18(22)8-14/h5-6,8-10,12-13,23H,4,7,11H2,1-3H3. The van der Waals surface area contributed by atoms with Crippen molar-refractivity contribution in [3.8, 4) is 11.5 Å². The number of halogens is 2. The molecule has 0 bridgehead atoms. The molecule has 0 fully saturated rings. The topological polar surface area (TPSA) is 30.5 Å². The van der Waals surface area contributed by atoms with Crippen LogP contribution in [0.5, 0.6) is 11.5 Å². The van der Waals surface area contributed by atoms with E-state index in [-0.39, 0.29) is 12.1 Å². The number of hydrogen-bond donors (Lipinski definition) is 1. The summed E-state index contributed by atoms with van der Waals surface area (Å²) in [4.78, 5) is 0. The summed E-state index contributed by atoms with van der Waals surface area (Å²) < 4.78 is 38.1. The Labute approximate surface area is 147 Å². The van der Waals surface area contributed by atoms with Crippen LogP contribution in [0.15, 0.2) is 30.3 Å². The molecule has 134 valence electrons. The second-order valence-electron chi connectivity index (χ2n) is 6.41. The monoisotopic (exact) mass is 347 g/mol. The zero-order chi connectivity index (χ0) is 18.0. The predicted molar refractivity (Wildman–Crippen MR) is 93.0 cm³/mol. The van der Waals surface area contributed by atoms with Crippen molar-refractivity contribution in [2.75, 3.05) is 6.61 Å². The lowest BCUT2D eigenvalue weighted by Crippen LogP contribution is -2.19. The Balaban J connectivity index is 1.75. The summed E-state index contributed by atoms with van der Waals surface area (Å²) in [6.45, 7) is 7.04. The van der Waals surface area contributed by atoms with E-state index in [0.29, 0.717) is 18.7 Å². The summed E-state index contributed by atoms with van der Waals surface area (Å²) in [5.74, 6) is 0.0673. The molecule has 3 rings (SSSR count). The maximum atomic E-state index is 13.4. The van der Waals surface area contributed by atoms with Gasteiger partial charge in [0.05, 0.1) is 6.61 Å². The quantitative estimate of drug-likeness (QED) is 0.832. The Hall–Kier alpha value is -2.14. The van der Waals surface area contributed by atoms with Crippen LogP contribution in [-0.4, -0.2) is 12.7 Å². The first-order chi connectivity index (χ1) is 12.0. The fourth-order valence-corrected chi connectivity index (χ4v) is 3.07. The molecule has 3 nitrogen and oxygen atoms in total. The van der Waals surface area contributed by atoms with E-state index in [4.69, 9.17) is 9.47 Å². The average Bonchev–Trinajstić information content (AvgIpc) is 2.94. The lowest BCUT2D eigenvalue weighted by Gasteiger charge is -2.17. The predicted octanol–water partition coefficient (Wildman–Crippen LogP) is 4.54. The largest absolute Gasteiger partial charge is 0.494 e. The van der Waals surface area contributed by atoms with Crippen molar-refractivity contribution in [3.05, 3.63) is 58.7 Å². The van der Waals surface area contributed by atoms with Gasteiger partial charge in [0.1, 0.15) is 17.6 Å². The van der Waals surface area contributed by atoms with Gasteiger partial charge in [-0.1, -0.05) is 6.07 Å². The molecule has 0 radical (unpaired) electrons. The van der Waals surface area contributed by atoms with Crippen molar-refractivity contribution in [1.82, 2.24) is 5.32 Å². The lowest BCUT2D eigenvalue weighted by atomic mass is 10.0. The Morgan fingerprint density at radius 1 is 1.24 bits per heavy atom. The molecule has 0 aliphatic carbocycles. The third-order valence-electron chi connectivity index (χ3n) is 4.42. The van der Waals surface area contributed by atoms with E-state index in [0.717, 1.165) is 35.1 Å². The minimum Gasteiger partial charge on any atom is -0.494 e. The average molecular weight is 347 g/mol. The number of hydrogen-bond acceptors (Lipinski definition) is 3. The van der Waals surface area contributed by atoms with Crippen molar-refractivity contribution >= 4 is 0 Å². The molecule has 1 N–H and O–H groups in total. The van der Waals surface area contributed by atoms with Gasteiger partial charge >= 0.3 is 0 Å². The van der Waals surface area contributed by atoms with Gasteiger partial charge in [-0.15, -0.1) is 0 Å². The zero-order valence-corrected chi connectivity index (χ0v) is 14.7. The maximum absolute atomic E-state index is 13.4. The molecule has 1 aliphatic heterocycles. The normalized spacial score (nSPS) is 17.1. The first kappa shape index (κ1) is 17.7. The minimum atomic E-state index is -0.834. The van der Waals surface area contributed by atoms with Crippen LogP contribution in [0.4, 0.5) is 8.78 Å². The molecule has 0 saturated carbocycles. The molecule has 2 aromatic carbocycles. The molecular formula is C20H23F2NO2. The van der Waals surface area contributed by atoms with E-state index < -0.39 is 11.6 Å². The molecule has 25 heavy (non-hydrogen) atoms. The summed E-state index contributed by atoms with van der Waals surface area (Å²) >= 11 is 0. The van der Waals surface area contributed by atoms with Gasteiger partial charge in [0.2, 0.25) is 0 Å². The van der Waals surface area contributed by atoms with E-state index in [1.165, 1.54) is 6.07 Å². The number of fused-ring (bicyclic) bond motifs is 1. The summed E-state index contributed by atoms with van der Waals surface area (Å²) in [7, 11) is 0. The van der Waals surface area contributed by atoms with Gasteiger partial charge in [-0.3, -0.25) is 0 Å². The molecule has 0 amide bonds. The molecule has 2 atom stereocenters. The highest BCUT2D eigenvalue weighted by molar-refractivity contribution is 5.48. The highest BCUT2D eigenvalue weighted by Gasteiger charge is 2.22. The van der Waals surface area contributed by atoms with E-state index >= 15 is 0 Å². The Morgan fingerprint density at radius 2 is 2.04 bits per heavy atom. The van der Waals surface area contributed by atoms with Crippen molar-refractivity contribution in [2.45, 2.75) is 45.9 Å². The molecule has 2 unspecified atom stereocenters. The third-order valence-corrected chi connectivity index (χ3v) is 4.42. The van der Waals surface area contributed by atoms with E-state index in [2.05, 4.69) is 5.32 Å². The van der Waals surface area contributed by atoms with Gasteiger partial charge in [0, 0.05) is 30.1 Å². The number of nitrogens with one attached hydrogen (secondary N) is 1. The van der Waals surface area contributed by atoms with Crippen LogP contribution in [0, 0.1) is 11.6 Å². The molecule has 1 aliphatic rings. The first-order valence-corrected chi connectivity index (χ1v) is 8.61. The second-order valence-corrected chi connectivity index (χ2v) is 6.41. The van der Waals surface area contributed by atoms with E-state index in [9.17, 15) is 8.78 Å². The van der Waals surface area contributed by atoms with Crippen molar-refractivity contribution < 1.29 is 18.3 Å². The summed E-state index contributed by atoms with van der Waals surface area (Å²) in [6.07, 6.45) is 1.06. The van der Waals surface area contributed by atoms with Crippen molar-refractivity contribution in [1.29, 1.82) is 0 Å². The fraction of sp³-hybridized carbons (Fsp3) is 0.400. The number of rotatable bonds is 6. The van der Waals surface area contributed by atoms with Gasteiger partial charge in [-0.05, 0) is 50.6 Å². The van der Waals surface area contributed by atoms with Crippen LogP contribution in [0.3, 0.4) is 0 Å². The zero-order valence-electron chi connectivity index (χ0n) is 14.7. The van der Waals surface area contributed by atoms with Gasteiger partial charge in [0.25, 0.3) is 0 Å². The number of benzene rings is 2. The van der Waals surface area contributed by atoms with Crippen molar-refractivity contribution in [3.63, 3.8) is 0 Å². The van der Waals surface area contributed by atoms with Gasteiger partial charge in [-0.25, -0.2) is 8.78 Å². The Morgan fingerprint density at radius 3 is 2.76 bits per heavy atom. The summed E-state index contributed by atoms with van der Waals surface area (Å²) in [5, 5.41) is 3.34. The molecule has 0 spiro atoms. The number of ether oxygens (including phenoxy) is 2. The molecule has 5 heteroatoms. The maximum Gasteiger partial charge on any atom is 0.159 e. The highest BCUT2D eigenvalue weighted by Crippen LogP contribution is 2.35. The van der Waals surface area contributed by atoms with Crippen LogP contribution in [0.25, 0.3) is 0 Å². The second kappa shape index (κ2) is 7.40. The molecule has 0 aromatic heterocycles. The van der Waals surface area contributed by atoms with Gasteiger partial charge < -0.3 is 14.8 Å². The van der Waals surface area contributed by atoms with Gasteiger partial charge in [-0.2, -0.15) is 0 Å². The van der Waals surface area contributed by atoms with Crippen molar-refractivity contribution in [2.24, 2.45) is 0 Å². The highest BCUT2D eigenvalue weighted by atomic mass is 19.2. The van der Waals surface area contributed by atoms with E-state index in [1.807, 2.05) is 32.9 Å². The van der Waals surface area contributed by atoms with Crippen LogP contribution in [0.1, 0.15) is 43.5 Å². The minimum absolute atomic E-state index is 0.127. The Bertz CT molecular complexity index is 764. The third kappa shape index (κ3) is 3.93. The van der Waals surface area contributed by atoms with Gasteiger partial charge in [0.15, 0.2) is 11.6 Å². The SMILES string of the molecule is CCOc1cc2c(cc1CNC(C)c1ccc(F)c(F)c1)OC(C)C2. The summed E-state index contributed by atoms with van der Waals surface area (Å²) in [5.41, 5.74) is 2.85. The molecule has 1 heterocycles. The van der Waals surface area contributed by atoms with Crippen LogP contribution in [0.2, 0.25) is 0 Å². The smallest absolute Gasteiger partial charge is 0.159 e. The fourth-order valence-electron chi connectivity index (χ4n) is 3.07. The summed E-state index contributed by atoms with van der Waals surface area (Å²) in [6, 6.07) is 7.89. The van der Waals surface area contributed by atoms with E-state index in [1.54, 1.807) is 6.07 Å². The van der Waals surface area contributed by atoms with Crippen LogP contribution < -0.4 is 14.8 Å². The lowest BCUT2D eigenvalue weighted by molar-refractivity contribution is 0.254.